The number of hydrogen-bond donors (Lipinski definition) is 1. The van der Waals surface area contributed by atoms with Gasteiger partial charge in [0.05, 0.1) is 10.9 Å². The zero-order chi connectivity index (χ0) is 22.5. The Balaban J connectivity index is 2.08. The molecule has 164 valence electrons. The number of amides is 1. The molecule has 0 spiro atoms. The predicted octanol–water partition coefficient (Wildman–Crippen LogP) is 4.41. The van der Waals surface area contributed by atoms with Gasteiger partial charge in [0.1, 0.15) is 5.75 Å². The van der Waals surface area contributed by atoms with Crippen molar-refractivity contribution < 1.29 is 17.9 Å². The average molecular weight is 453 g/mol. The zero-order valence-corrected chi connectivity index (χ0v) is 19.5. The van der Waals surface area contributed by atoms with Gasteiger partial charge in [-0.25, -0.2) is 8.42 Å². The standard InChI is InChI=1S/C22H29ClN2O4S/c1-6-25(7-2)30(27,28)20-14-8-17(9-15-20)16(3)24-21(26)22(4,5)29-19-12-10-18(23)11-13-19/h8-16H,6-7H2,1-5H3,(H,24,26). The average Bonchev–Trinajstić information content (AvgIpc) is 2.70. The third-order valence-corrected chi connectivity index (χ3v) is 7.12. The first-order valence-electron chi connectivity index (χ1n) is 9.87. The number of hydrogen-bond acceptors (Lipinski definition) is 4. The monoisotopic (exact) mass is 452 g/mol. The van der Waals surface area contributed by atoms with Gasteiger partial charge in [0.15, 0.2) is 5.60 Å². The normalized spacial score (nSPS) is 13.2. The van der Waals surface area contributed by atoms with Crippen molar-refractivity contribution in [3.63, 3.8) is 0 Å². The lowest BCUT2D eigenvalue weighted by atomic mass is 10.1. The molecule has 0 radical (unpaired) electrons. The summed E-state index contributed by atoms with van der Waals surface area (Å²) in [5, 5.41) is 3.51. The number of carbonyl (C=O) groups excluding carboxylic acids is 1. The van der Waals surface area contributed by atoms with E-state index in [-0.39, 0.29) is 16.8 Å². The lowest BCUT2D eigenvalue weighted by Gasteiger charge is -2.27. The minimum atomic E-state index is -3.51. The second-order valence-electron chi connectivity index (χ2n) is 7.42. The molecular formula is C22H29ClN2O4S. The molecule has 0 heterocycles. The maximum absolute atomic E-state index is 12.7. The van der Waals surface area contributed by atoms with Crippen LogP contribution in [-0.2, 0) is 14.8 Å². The molecule has 30 heavy (non-hydrogen) atoms. The lowest BCUT2D eigenvalue weighted by molar-refractivity contribution is -0.134. The molecule has 8 heteroatoms. The molecular weight excluding hydrogens is 424 g/mol. The summed E-state index contributed by atoms with van der Waals surface area (Å²) >= 11 is 5.88. The maximum Gasteiger partial charge on any atom is 0.264 e. The minimum absolute atomic E-state index is 0.236. The van der Waals surface area contributed by atoms with Gasteiger partial charge in [-0.3, -0.25) is 4.79 Å². The topological polar surface area (TPSA) is 75.7 Å². The van der Waals surface area contributed by atoms with Crippen LogP contribution in [0, 0.1) is 0 Å². The second-order valence-corrected chi connectivity index (χ2v) is 9.79. The Bertz CT molecular complexity index is 954. The highest BCUT2D eigenvalue weighted by Crippen LogP contribution is 2.23. The van der Waals surface area contributed by atoms with Crippen molar-refractivity contribution in [2.75, 3.05) is 13.1 Å². The second kappa shape index (κ2) is 9.81. The quantitative estimate of drug-likeness (QED) is 0.611. The lowest BCUT2D eigenvalue weighted by Crippen LogP contribution is -2.47. The van der Waals surface area contributed by atoms with Crippen LogP contribution in [0.4, 0.5) is 0 Å². The Labute approximate surface area is 184 Å². The summed E-state index contributed by atoms with van der Waals surface area (Å²) < 4.78 is 32.4. The molecule has 0 aliphatic rings. The molecule has 2 aromatic rings. The van der Waals surface area contributed by atoms with E-state index in [1.54, 1.807) is 76.2 Å². The molecule has 0 bridgehead atoms. The number of rotatable bonds is 9. The molecule has 0 aliphatic heterocycles. The Morgan fingerprint density at radius 1 is 1.07 bits per heavy atom. The van der Waals surface area contributed by atoms with Crippen molar-refractivity contribution in [2.24, 2.45) is 0 Å². The fourth-order valence-corrected chi connectivity index (χ4v) is 4.52. The van der Waals surface area contributed by atoms with E-state index in [2.05, 4.69) is 5.32 Å². The van der Waals surface area contributed by atoms with Gasteiger partial charge in [0, 0.05) is 18.1 Å². The summed E-state index contributed by atoms with van der Waals surface area (Å²) in [6, 6.07) is 13.1. The zero-order valence-electron chi connectivity index (χ0n) is 18.0. The van der Waals surface area contributed by atoms with Crippen LogP contribution in [0.5, 0.6) is 5.75 Å². The van der Waals surface area contributed by atoms with Crippen molar-refractivity contribution in [1.29, 1.82) is 0 Å². The van der Waals surface area contributed by atoms with E-state index in [4.69, 9.17) is 16.3 Å². The van der Waals surface area contributed by atoms with Gasteiger partial charge in [-0.15, -0.1) is 0 Å². The van der Waals surface area contributed by atoms with Crippen molar-refractivity contribution >= 4 is 27.5 Å². The van der Waals surface area contributed by atoms with Gasteiger partial charge in [0.2, 0.25) is 10.0 Å². The molecule has 1 atom stereocenters. The van der Waals surface area contributed by atoms with E-state index in [0.29, 0.717) is 23.9 Å². The van der Waals surface area contributed by atoms with Crippen LogP contribution >= 0.6 is 11.6 Å². The highest BCUT2D eigenvalue weighted by atomic mass is 35.5. The van der Waals surface area contributed by atoms with Crippen LogP contribution in [0.2, 0.25) is 5.02 Å². The highest BCUT2D eigenvalue weighted by molar-refractivity contribution is 7.89. The van der Waals surface area contributed by atoms with E-state index in [0.717, 1.165) is 5.56 Å². The number of sulfonamides is 1. The van der Waals surface area contributed by atoms with Gasteiger partial charge in [-0.2, -0.15) is 4.31 Å². The molecule has 0 fully saturated rings. The third kappa shape index (κ3) is 5.74. The highest BCUT2D eigenvalue weighted by Gasteiger charge is 2.31. The van der Waals surface area contributed by atoms with Crippen molar-refractivity contribution in [1.82, 2.24) is 9.62 Å². The van der Waals surface area contributed by atoms with Crippen LogP contribution in [0.15, 0.2) is 53.4 Å². The van der Waals surface area contributed by atoms with Crippen LogP contribution in [-0.4, -0.2) is 37.3 Å². The number of nitrogens with zero attached hydrogens (tertiary/aromatic N) is 1. The Hall–Kier alpha value is -2.09. The van der Waals surface area contributed by atoms with E-state index in [9.17, 15) is 13.2 Å². The van der Waals surface area contributed by atoms with E-state index >= 15 is 0 Å². The van der Waals surface area contributed by atoms with Crippen LogP contribution in [0.3, 0.4) is 0 Å². The number of ether oxygens (including phenoxy) is 1. The number of benzene rings is 2. The van der Waals surface area contributed by atoms with Crippen molar-refractivity contribution in [2.45, 2.75) is 51.2 Å². The van der Waals surface area contributed by atoms with Gasteiger partial charge in [-0.05, 0) is 62.7 Å². The maximum atomic E-state index is 12.7. The molecule has 1 unspecified atom stereocenters. The smallest absolute Gasteiger partial charge is 0.264 e. The minimum Gasteiger partial charge on any atom is -0.478 e. The van der Waals surface area contributed by atoms with Crippen LogP contribution < -0.4 is 10.1 Å². The van der Waals surface area contributed by atoms with Crippen LogP contribution in [0.1, 0.15) is 46.2 Å². The Kier molecular flexibility index (Phi) is 7.91. The number of nitrogens with one attached hydrogen (secondary N) is 1. The molecule has 2 aromatic carbocycles. The van der Waals surface area contributed by atoms with Gasteiger partial charge >= 0.3 is 0 Å². The van der Waals surface area contributed by atoms with E-state index < -0.39 is 15.6 Å². The largest absolute Gasteiger partial charge is 0.478 e. The molecule has 6 nitrogen and oxygen atoms in total. The van der Waals surface area contributed by atoms with Gasteiger partial charge in [-0.1, -0.05) is 37.6 Å². The first-order chi connectivity index (χ1) is 14.0. The molecule has 0 saturated carbocycles. The summed E-state index contributed by atoms with van der Waals surface area (Å²) in [5.74, 6) is 0.253. The summed E-state index contributed by atoms with van der Waals surface area (Å²) in [5.41, 5.74) is -0.308. The molecule has 0 aromatic heterocycles. The molecule has 0 saturated heterocycles. The number of halogens is 1. The predicted molar refractivity (Wildman–Crippen MR) is 119 cm³/mol. The first-order valence-corrected chi connectivity index (χ1v) is 11.7. The van der Waals surface area contributed by atoms with E-state index in [1.807, 2.05) is 6.92 Å². The first kappa shape index (κ1) is 24.2. The SMILES string of the molecule is CCN(CC)S(=O)(=O)c1ccc(C(C)NC(=O)C(C)(C)Oc2ccc(Cl)cc2)cc1. The third-order valence-electron chi connectivity index (χ3n) is 4.80. The van der Waals surface area contributed by atoms with Crippen molar-refractivity contribution in [3.05, 3.63) is 59.1 Å². The fraction of sp³-hybridized carbons (Fsp3) is 0.409. The van der Waals surface area contributed by atoms with Crippen LogP contribution in [0.25, 0.3) is 0 Å². The summed E-state index contributed by atoms with van der Waals surface area (Å²) in [6.45, 7) is 9.64. The fourth-order valence-electron chi connectivity index (χ4n) is 2.94. The molecule has 1 N–H and O–H groups in total. The van der Waals surface area contributed by atoms with Gasteiger partial charge < -0.3 is 10.1 Å². The molecule has 2 rings (SSSR count). The summed E-state index contributed by atoms with van der Waals surface area (Å²) in [6.07, 6.45) is 0. The molecule has 0 aliphatic carbocycles. The summed E-state index contributed by atoms with van der Waals surface area (Å²) in [4.78, 5) is 13.0. The van der Waals surface area contributed by atoms with E-state index in [1.165, 1.54) is 4.31 Å². The summed E-state index contributed by atoms with van der Waals surface area (Å²) in [7, 11) is -3.51. The molecule has 1 amide bonds. The van der Waals surface area contributed by atoms with Crippen molar-refractivity contribution in [3.8, 4) is 5.75 Å². The Morgan fingerprint density at radius 2 is 1.60 bits per heavy atom. The van der Waals surface area contributed by atoms with Gasteiger partial charge in [0.25, 0.3) is 5.91 Å². The Morgan fingerprint density at radius 3 is 2.10 bits per heavy atom. The number of carbonyl (C=O) groups is 1.